The minimum Gasteiger partial charge on any atom is -0.380 e. The summed E-state index contributed by atoms with van der Waals surface area (Å²) in [6.07, 6.45) is 2.70. The van der Waals surface area contributed by atoms with Gasteiger partial charge in [0.2, 0.25) is 0 Å². The Morgan fingerprint density at radius 3 is 3.15 bits per heavy atom. The predicted molar refractivity (Wildman–Crippen MR) is 55.0 cm³/mol. The van der Waals surface area contributed by atoms with Gasteiger partial charge in [-0.2, -0.15) is 0 Å². The van der Waals surface area contributed by atoms with Gasteiger partial charge in [0.1, 0.15) is 0 Å². The SMILES string of the molecule is CCOCCNCC1CCCNC1. The number of piperidine rings is 1. The van der Waals surface area contributed by atoms with Crippen molar-refractivity contribution in [1.29, 1.82) is 0 Å². The van der Waals surface area contributed by atoms with Gasteiger partial charge in [-0.25, -0.2) is 0 Å². The number of ether oxygens (including phenoxy) is 1. The zero-order valence-electron chi connectivity index (χ0n) is 8.64. The Morgan fingerprint density at radius 1 is 1.54 bits per heavy atom. The maximum atomic E-state index is 5.24. The highest BCUT2D eigenvalue weighted by molar-refractivity contribution is 4.70. The average Bonchev–Trinajstić information content (AvgIpc) is 2.19. The van der Waals surface area contributed by atoms with Crippen molar-refractivity contribution in [3.8, 4) is 0 Å². The van der Waals surface area contributed by atoms with E-state index in [1.807, 2.05) is 6.92 Å². The van der Waals surface area contributed by atoms with Crippen molar-refractivity contribution >= 4 is 0 Å². The molecule has 1 fully saturated rings. The van der Waals surface area contributed by atoms with Crippen LogP contribution in [0.2, 0.25) is 0 Å². The molecule has 1 unspecified atom stereocenters. The third-order valence-corrected chi connectivity index (χ3v) is 2.46. The van der Waals surface area contributed by atoms with Crippen molar-refractivity contribution in [2.75, 3.05) is 39.4 Å². The van der Waals surface area contributed by atoms with E-state index in [1.165, 1.54) is 25.9 Å². The minimum atomic E-state index is 0.826. The van der Waals surface area contributed by atoms with Gasteiger partial charge in [-0.05, 0) is 45.3 Å². The van der Waals surface area contributed by atoms with Crippen LogP contribution in [-0.4, -0.2) is 39.4 Å². The average molecular weight is 186 g/mol. The number of hydrogen-bond acceptors (Lipinski definition) is 3. The number of rotatable bonds is 6. The summed E-state index contributed by atoms with van der Waals surface area (Å²) < 4.78 is 5.24. The van der Waals surface area contributed by atoms with Gasteiger partial charge in [0.25, 0.3) is 0 Å². The lowest BCUT2D eigenvalue weighted by Gasteiger charge is -2.22. The molecule has 1 aliphatic rings. The first-order valence-corrected chi connectivity index (χ1v) is 5.42. The molecule has 0 aromatic heterocycles. The van der Waals surface area contributed by atoms with Crippen molar-refractivity contribution in [3.63, 3.8) is 0 Å². The van der Waals surface area contributed by atoms with E-state index in [4.69, 9.17) is 4.74 Å². The van der Waals surface area contributed by atoms with Crippen LogP contribution >= 0.6 is 0 Å². The molecule has 1 rings (SSSR count). The Hall–Kier alpha value is -0.120. The summed E-state index contributed by atoms with van der Waals surface area (Å²) in [6, 6.07) is 0. The van der Waals surface area contributed by atoms with E-state index in [2.05, 4.69) is 10.6 Å². The molecule has 13 heavy (non-hydrogen) atoms. The van der Waals surface area contributed by atoms with Gasteiger partial charge in [-0.3, -0.25) is 0 Å². The first kappa shape index (κ1) is 11.0. The van der Waals surface area contributed by atoms with Crippen LogP contribution in [0.4, 0.5) is 0 Å². The molecule has 0 saturated carbocycles. The summed E-state index contributed by atoms with van der Waals surface area (Å²) in [4.78, 5) is 0. The molecule has 0 amide bonds. The van der Waals surface area contributed by atoms with Gasteiger partial charge in [-0.1, -0.05) is 0 Å². The Balaban J connectivity index is 1.86. The molecule has 1 heterocycles. The van der Waals surface area contributed by atoms with E-state index in [0.717, 1.165) is 32.2 Å². The highest BCUT2D eigenvalue weighted by Crippen LogP contribution is 2.07. The highest BCUT2D eigenvalue weighted by atomic mass is 16.5. The summed E-state index contributed by atoms with van der Waals surface area (Å²) in [5.74, 6) is 0.829. The third kappa shape index (κ3) is 5.24. The molecule has 0 aromatic rings. The van der Waals surface area contributed by atoms with Crippen LogP contribution in [0.1, 0.15) is 19.8 Å². The molecule has 3 heteroatoms. The second kappa shape index (κ2) is 7.30. The van der Waals surface area contributed by atoms with Gasteiger partial charge >= 0.3 is 0 Å². The lowest BCUT2D eigenvalue weighted by atomic mass is 10.00. The van der Waals surface area contributed by atoms with Crippen molar-refractivity contribution in [3.05, 3.63) is 0 Å². The monoisotopic (exact) mass is 186 g/mol. The summed E-state index contributed by atoms with van der Waals surface area (Å²) in [7, 11) is 0. The molecular formula is C10H22N2O. The van der Waals surface area contributed by atoms with Crippen LogP contribution < -0.4 is 10.6 Å². The molecule has 0 aromatic carbocycles. The van der Waals surface area contributed by atoms with E-state index in [0.29, 0.717) is 0 Å². The van der Waals surface area contributed by atoms with Crippen LogP contribution in [-0.2, 0) is 4.74 Å². The molecule has 0 bridgehead atoms. The molecule has 3 nitrogen and oxygen atoms in total. The Bertz CT molecular complexity index is 113. The molecule has 1 atom stereocenters. The Kier molecular flexibility index (Phi) is 6.15. The minimum absolute atomic E-state index is 0.826. The van der Waals surface area contributed by atoms with Gasteiger partial charge in [-0.15, -0.1) is 0 Å². The highest BCUT2D eigenvalue weighted by Gasteiger charge is 2.11. The second-order valence-corrected chi connectivity index (χ2v) is 3.61. The fourth-order valence-electron chi connectivity index (χ4n) is 1.69. The second-order valence-electron chi connectivity index (χ2n) is 3.61. The summed E-state index contributed by atoms with van der Waals surface area (Å²) in [5.41, 5.74) is 0. The quantitative estimate of drug-likeness (QED) is 0.596. The zero-order chi connectivity index (χ0) is 9.36. The van der Waals surface area contributed by atoms with E-state index in [1.54, 1.807) is 0 Å². The number of nitrogens with one attached hydrogen (secondary N) is 2. The summed E-state index contributed by atoms with van der Waals surface area (Å²) in [6.45, 7) is 8.22. The molecule has 0 spiro atoms. The van der Waals surface area contributed by atoms with E-state index in [9.17, 15) is 0 Å². The summed E-state index contributed by atoms with van der Waals surface area (Å²) in [5, 5.41) is 6.84. The molecule has 0 aliphatic carbocycles. The molecular weight excluding hydrogens is 164 g/mol. The van der Waals surface area contributed by atoms with Gasteiger partial charge < -0.3 is 15.4 Å². The topological polar surface area (TPSA) is 33.3 Å². The molecule has 1 saturated heterocycles. The van der Waals surface area contributed by atoms with E-state index < -0.39 is 0 Å². The lowest BCUT2D eigenvalue weighted by molar-refractivity contribution is 0.148. The van der Waals surface area contributed by atoms with Crippen LogP contribution in [0.15, 0.2) is 0 Å². The maximum Gasteiger partial charge on any atom is 0.0590 e. The Labute approximate surface area is 81.2 Å². The lowest BCUT2D eigenvalue weighted by Crippen LogP contribution is -2.36. The van der Waals surface area contributed by atoms with E-state index in [-0.39, 0.29) is 0 Å². The van der Waals surface area contributed by atoms with Crippen LogP contribution in [0.25, 0.3) is 0 Å². The summed E-state index contributed by atoms with van der Waals surface area (Å²) >= 11 is 0. The van der Waals surface area contributed by atoms with Crippen LogP contribution in [0, 0.1) is 5.92 Å². The molecule has 2 N–H and O–H groups in total. The van der Waals surface area contributed by atoms with Crippen molar-refractivity contribution < 1.29 is 4.74 Å². The van der Waals surface area contributed by atoms with Crippen molar-refractivity contribution in [2.45, 2.75) is 19.8 Å². The number of hydrogen-bond donors (Lipinski definition) is 2. The fourth-order valence-corrected chi connectivity index (χ4v) is 1.69. The van der Waals surface area contributed by atoms with Gasteiger partial charge in [0, 0.05) is 13.2 Å². The van der Waals surface area contributed by atoms with Gasteiger partial charge in [0.15, 0.2) is 0 Å². The van der Waals surface area contributed by atoms with Crippen molar-refractivity contribution in [2.24, 2.45) is 5.92 Å². The predicted octanol–water partition coefficient (Wildman–Crippen LogP) is 0.612. The zero-order valence-corrected chi connectivity index (χ0v) is 8.64. The standard InChI is InChI=1S/C10H22N2O/c1-2-13-7-6-12-9-10-4-3-5-11-8-10/h10-12H,2-9H2,1H3. The van der Waals surface area contributed by atoms with Crippen LogP contribution in [0.5, 0.6) is 0 Å². The van der Waals surface area contributed by atoms with E-state index >= 15 is 0 Å². The normalized spacial score (nSPS) is 23.3. The fraction of sp³-hybridized carbons (Fsp3) is 1.00. The first-order chi connectivity index (χ1) is 6.43. The van der Waals surface area contributed by atoms with Crippen molar-refractivity contribution in [1.82, 2.24) is 10.6 Å². The first-order valence-electron chi connectivity index (χ1n) is 5.42. The smallest absolute Gasteiger partial charge is 0.0590 e. The molecule has 78 valence electrons. The molecule has 1 aliphatic heterocycles. The van der Waals surface area contributed by atoms with Gasteiger partial charge in [0.05, 0.1) is 6.61 Å². The maximum absolute atomic E-state index is 5.24. The molecule has 0 radical (unpaired) electrons. The third-order valence-electron chi connectivity index (χ3n) is 2.46. The largest absolute Gasteiger partial charge is 0.380 e. The van der Waals surface area contributed by atoms with Crippen LogP contribution in [0.3, 0.4) is 0 Å². The Morgan fingerprint density at radius 2 is 2.46 bits per heavy atom.